The van der Waals surface area contributed by atoms with Gasteiger partial charge in [0.2, 0.25) is 0 Å². The molecule has 10 heteroatoms. The van der Waals surface area contributed by atoms with Gasteiger partial charge in [-0.1, -0.05) is 18.2 Å². The van der Waals surface area contributed by atoms with Crippen molar-refractivity contribution in [3.63, 3.8) is 0 Å². The van der Waals surface area contributed by atoms with E-state index in [1.54, 1.807) is 37.4 Å². The number of benzene rings is 1. The van der Waals surface area contributed by atoms with Crippen LogP contribution in [0.4, 0.5) is 5.69 Å². The van der Waals surface area contributed by atoms with E-state index >= 15 is 0 Å². The lowest BCUT2D eigenvalue weighted by Crippen LogP contribution is -2.64. The number of piperidine rings is 1. The summed E-state index contributed by atoms with van der Waals surface area (Å²) in [6.45, 7) is 7.16. The van der Waals surface area contributed by atoms with Gasteiger partial charge in [-0.05, 0) is 55.8 Å². The van der Waals surface area contributed by atoms with Crippen LogP contribution in [0.25, 0.3) is 0 Å². The van der Waals surface area contributed by atoms with Crippen molar-refractivity contribution in [2.24, 2.45) is 0 Å². The normalized spacial score (nSPS) is 28.4. The fourth-order valence-corrected chi connectivity index (χ4v) is 8.43. The number of aliphatic hydroxyl groups is 1. The maximum Gasteiger partial charge on any atom is 0.252 e. The topological polar surface area (TPSA) is 82.6 Å². The molecule has 4 atom stereocenters. The van der Waals surface area contributed by atoms with E-state index in [1.165, 1.54) is 11.3 Å². The van der Waals surface area contributed by atoms with E-state index < -0.39 is 15.6 Å². The maximum atomic E-state index is 13.4. The van der Waals surface area contributed by atoms with Crippen molar-refractivity contribution >= 4 is 27.0 Å². The summed E-state index contributed by atoms with van der Waals surface area (Å²) >= 11 is 1.27. The highest BCUT2D eigenvalue weighted by molar-refractivity contribution is 7.91. The van der Waals surface area contributed by atoms with Crippen LogP contribution in [0, 0.1) is 0 Å². The van der Waals surface area contributed by atoms with Gasteiger partial charge in [-0.25, -0.2) is 8.42 Å². The zero-order chi connectivity index (χ0) is 25.5. The number of fused-ring (bicyclic) bond motifs is 2. The molecule has 3 fully saturated rings. The number of hydrogen-bond donors (Lipinski definition) is 1. The minimum absolute atomic E-state index is 0.0105. The molecule has 0 spiro atoms. The van der Waals surface area contributed by atoms with Gasteiger partial charge in [-0.3, -0.25) is 4.90 Å². The first-order chi connectivity index (χ1) is 17.2. The van der Waals surface area contributed by atoms with Crippen LogP contribution in [0.15, 0.2) is 46.0 Å². The first-order valence-corrected chi connectivity index (χ1v) is 15.0. The van der Waals surface area contributed by atoms with Crippen LogP contribution in [0.2, 0.25) is 0 Å². The highest BCUT2D eigenvalue weighted by Crippen LogP contribution is 2.33. The van der Waals surface area contributed by atoms with Gasteiger partial charge in [-0.15, -0.1) is 11.3 Å². The van der Waals surface area contributed by atoms with Gasteiger partial charge in [0.05, 0.1) is 31.0 Å². The molecule has 3 aliphatic rings. The molecular weight excluding hydrogens is 498 g/mol. The minimum Gasteiger partial charge on any atom is -0.386 e. The number of piperazine rings is 1. The van der Waals surface area contributed by atoms with Crippen molar-refractivity contribution in [3.8, 4) is 0 Å². The minimum atomic E-state index is -3.53. The third-order valence-electron chi connectivity index (χ3n) is 7.82. The lowest BCUT2D eigenvalue weighted by atomic mass is 9.91. The first-order valence-electron chi connectivity index (χ1n) is 12.7. The largest absolute Gasteiger partial charge is 0.386 e. The predicted octanol–water partition coefficient (Wildman–Crippen LogP) is 2.73. The number of morpholine rings is 1. The molecule has 3 aliphatic heterocycles. The smallest absolute Gasteiger partial charge is 0.252 e. The van der Waals surface area contributed by atoms with Crippen molar-refractivity contribution in [2.45, 2.75) is 60.7 Å². The lowest BCUT2D eigenvalue weighted by molar-refractivity contribution is -0.114. The molecular formula is C26H37N3O5S2. The Labute approximate surface area is 218 Å². The molecule has 0 amide bonds. The Hall–Kier alpha value is -1.53. The quantitative estimate of drug-likeness (QED) is 0.584. The standard InChI is InChI=1S/C26H37N3O5S2/c1-26(2,30)19-6-8-20(9-7-19)28-11-10-27(36(31,32)25-5-4-12-35-25)15-23(28)16-29-21-13-24(33-3)14-22(29)18-34-17-21/h4-9,12,21-24,30H,10-11,13-18H2,1-3H3/t21-,22+,23-,24?/m1/s1. The molecule has 198 valence electrons. The van der Waals surface area contributed by atoms with Crippen LogP contribution in [0.5, 0.6) is 0 Å². The van der Waals surface area contributed by atoms with Gasteiger partial charge < -0.3 is 19.5 Å². The highest BCUT2D eigenvalue weighted by Gasteiger charge is 2.43. The van der Waals surface area contributed by atoms with Crippen molar-refractivity contribution in [1.82, 2.24) is 9.21 Å². The van der Waals surface area contributed by atoms with Gasteiger partial charge in [0.15, 0.2) is 0 Å². The van der Waals surface area contributed by atoms with Gasteiger partial charge in [0.1, 0.15) is 4.21 Å². The molecule has 1 unspecified atom stereocenters. The molecule has 2 bridgehead atoms. The number of nitrogens with zero attached hydrogens (tertiary/aromatic N) is 3. The molecule has 0 aliphatic carbocycles. The van der Waals surface area contributed by atoms with Crippen molar-refractivity contribution in [2.75, 3.05) is 51.4 Å². The van der Waals surface area contributed by atoms with Gasteiger partial charge in [-0.2, -0.15) is 4.31 Å². The van der Waals surface area contributed by atoms with Crippen LogP contribution in [0.3, 0.4) is 0 Å². The van der Waals surface area contributed by atoms with Gasteiger partial charge >= 0.3 is 0 Å². The Bertz CT molecular complexity index is 1100. The number of sulfonamides is 1. The fourth-order valence-electron chi connectivity index (χ4n) is 5.81. The van der Waals surface area contributed by atoms with Gasteiger partial charge in [0.25, 0.3) is 10.0 Å². The average molecular weight is 536 g/mol. The maximum absolute atomic E-state index is 13.4. The summed E-state index contributed by atoms with van der Waals surface area (Å²) in [5.41, 5.74) is 0.999. The summed E-state index contributed by atoms with van der Waals surface area (Å²) in [6, 6.07) is 12.0. The Morgan fingerprint density at radius 3 is 2.39 bits per heavy atom. The van der Waals surface area contributed by atoms with Crippen molar-refractivity contribution < 1.29 is 23.0 Å². The van der Waals surface area contributed by atoms with E-state index in [1.807, 2.05) is 29.6 Å². The van der Waals surface area contributed by atoms with E-state index in [0.29, 0.717) is 37.1 Å². The third kappa shape index (κ3) is 5.22. The Morgan fingerprint density at radius 1 is 1.11 bits per heavy atom. The van der Waals surface area contributed by atoms with Crippen LogP contribution < -0.4 is 4.90 Å². The van der Waals surface area contributed by atoms with E-state index in [9.17, 15) is 13.5 Å². The Kier molecular flexibility index (Phi) is 7.48. The highest BCUT2D eigenvalue weighted by atomic mass is 32.2. The molecule has 0 saturated carbocycles. The Balaban J connectivity index is 1.42. The molecule has 4 heterocycles. The van der Waals surface area contributed by atoms with Crippen LogP contribution >= 0.6 is 11.3 Å². The number of methoxy groups -OCH3 is 1. The average Bonchev–Trinajstić information content (AvgIpc) is 3.39. The second kappa shape index (κ2) is 10.3. The summed E-state index contributed by atoms with van der Waals surface area (Å²) < 4.78 is 40.4. The van der Waals surface area contributed by atoms with Crippen molar-refractivity contribution in [3.05, 3.63) is 47.3 Å². The molecule has 5 rings (SSSR count). The molecule has 2 aromatic rings. The monoisotopic (exact) mass is 535 g/mol. The van der Waals surface area contributed by atoms with Crippen molar-refractivity contribution in [1.29, 1.82) is 0 Å². The SMILES string of the molecule is COC1C[C@H]2COC[C@@H](C1)N2C[C@H]1CN(S(=O)(=O)c2cccs2)CCN1c1ccc(C(C)(C)O)cc1. The molecule has 1 aromatic heterocycles. The number of ether oxygens (including phenoxy) is 2. The second-order valence-corrected chi connectivity index (χ2v) is 13.7. The summed E-state index contributed by atoms with van der Waals surface area (Å²) in [6.07, 6.45) is 2.10. The van der Waals surface area contributed by atoms with Crippen LogP contribution in [-0.4, -0.2) is 93.5 Å². The fraction of sp³-hybridized carbons (Fsp3) is 0.615. The number of thiophene rings is 1. The zero-order valence-corrected chi connectivity index (χ0v) is 22.9. The van der Waals surface area contributed by atoms with E-state index in [0.717, 1.165) is 30.6 Å². The summed E-state index contributed by atoms with van der Waals surface area (Å²) in [5, 5.41) is 12.2. The first kappa shape index (κ1) is 26.1. The Morgan fingerprint density at radius 2 is 1.81 bits per heavy atom. The molecule has 1 aromatic carbocycles. The third-order valence-corrected chi connectivity index (χ3v) is 11.1. The number of rotatable bonds is 7. The summed E-state index contributed by atoms with van der Waals surface area (Å²) in [5.74, 6) is 0. The summed E-state index contributed by atoms with van der Waals surface area (Å²) in [7, 11) is -1.74. The van der Waals surface area contributed by atoms with Crippen LogP contribution in [0.1, 0.15) is 32.3 Å². The summed E-state index contributed by atoms with van der Waals surface area (Å²) in [4.78, 5) is 4.87. The van der Waals surface area contributed by atoms with E-state index in [-0.39, 0.29) is 24.2 Å². The zero-order valence-electron chi connectivity index (χ0n) is 21.2. The van der Waals surface area contributed by atoms with E-state index in [4.69, 9.17) is 9.47 Å². The molecule has 1 N–H and O–H groups in total. The van der Waals surface area contributed by atoms with Crippen LogP contribution in [-0.2, 0) is 25.1 Å². The molecule has 3 saturated heterocycles. The number of hydrogen-bond acceptors (Lipinski definition) is 8. The second-order valence-electron chi connectivity index (χ2n) is 10.6. The molecule has 0 radical (unpaired) electrons. The predicted molar refractivity (Wildman–Crippen MR) is 141 cm³/mol. The van der Waals surface area contributed by atoms with E-state index in [2.05, 4.69) is 9.80 Å². The molecule has 36 heavy (non-hydrogen) atoms. The number of anilines is 1. The lowest BCUT2D eigenvalue weighted by Gasteiger charge is -2.51. The molecule has 8 nitrogen and oxygen atoms in total. The van der Waals surface area contributed by atoms with Gasteiger partial charge in [0, 0.05) is 51.1 Å².